The molecule has 10 aliphatic heterocycles. The van der Waals surface area contributed by atoms with Gasteiger partial charge in [-0.15, -0.1) is 5.06 Å². The molecule has 546 valence electrons. The molecule has 0 radical (unpaired) electrons. The number of hydrogen-bond donors (Lipinski definition) is 7. The average Bonchev–Trinajstić information content (AvgIpc) is 0.976. The van der Waals surface area contributed by atoms with Gasteiger partial charge in [-0.2, -0.15) is 0 Å². The first kappa shape index (κ1) is 73.7. The number of unbranched alkanes of at least 4 members (excludes halogenated alkanes) is 2. The van der Waals surface area contributed by atoms with Crippen molar-refractivity contribution in [1.82, 2.24) is 26.3 Å². The molecule has 11 aliphatic rings. The number of carbonyl (C=O) groups is 9. The van der Waals surface area contributed by atoms with E-state index in [0.717, 1.165) is 49.7 Å². The molecule has 8 unspecified atom stereocenters. The van der Waals surface area contributed by atoms with E-state index in [9.17, 15) is 48.3 Å². The maximum absolute atomic E-state index is 13.9. The van der Waals surface area contributed by atoms with Crippen molar-refractivity contribution in [2.24, 2.45) is 35.3 Å². The molecule has 10 saturated heterocycles. The van der Waals surface area contributed by atoms with Crippen molar-refractivity contribution in [3.05, 3.63) is 54.1 Å². The number of ether oxygens (including phenoxy) is 10. The number of nitrogens with two attached hydrogens (primary N) is 1. The molecule has 28 heteroatoms. The van der Waals surface area contributed by atoms with E-state index in [-0.39, 0.29) is 168 Å². The number of alkyl carbamates (subject to hydrolysis) is 1. The van der Waals surface area contributed by atoms with Crippen LogP contribution in [-0.4, -0.2) is 193 Å². The van der Waals surface area contributed by atoms with E-state index in [2.05, 4.69) is 53.6 Å². The summed E-state index contributed by atoms with van der Waals surface area (Å²) in [4.78, 5) is 119. The van der Waals surface area contributed by atoms with Crippen molar-refractivity contribution in [1.29, 1.82) is 0 Å². The second-order valence-corrected chi connectivity index (χ2v) is 29.2. The second kappa shape index (κ2) is 32.2. The zero-order valence-electron chi connectivity index (χ0n) is 57.6. The lowest BCUT2D eigenvalue weighted by atomic mass is 9.51. The molecule has 3 bridgehead atoms. The topological polar surface area (TPSA) is 365 Å². The first-order valence-electron chi connectivity index (χ1n) is 35.8. The van der Waals surface area contributed by atoms with Gasteiger partial charge < -0.3 is 89.6 Å². The molecule has 1 aromatic rings. The van der Waals surface area contributed by atoms with Crippen molar-refractivity contribution in [2.75, 3.05) is 32.1 Å². The zero-order chi connectivity index (χ0) is 70.4. The Hall–Kier alpha value is -6.47. The van der Waals surface area contributed by atoms with E-state index in [1.807, 2.05) is 0 Å². The van der Waals surface area contributed by atoms with Gasteiger partial charge in [0.1, 0.15) is 36.7 Å². The molecule has 1 spiro atoms. The molecule has 8 amide bonds. The number of carbonyl (C=O) groups excluding carboxylic acids is 9. The van der Waals surface area contributed by atoms with Crippen LogP contribution < -0.4 is 32.3 Å². The number of amides is 8. The highest BCUT2D eigenvalue weighted by Crippen LogP contribution is 2.73. The monoisotopic (exact) mass is 1390 g/mol. The van der Waals surface area contributed by atoms with Gasteiger partial charge in [0.05, 0.1) is 85.6 Å². The van der Waals surface area contributed by atoms with Gasteiger partial charge in [-0.3, -0.25) is 28.8 Å². The number of fused-ring (bicyclic) bond motifs is 2. The first-order valence-corrected chi connectivity index (χ1v) is 35.8. The van der Waals surface area contributed by atoms with Crippen molar-refractivity contribution in [2.45, 2.75) is 272 Å². The van der Waals surface area contributed by atoms with Crippen LogP contribution in [0.5, 0.6) is 0 Å². The minimum absolute atomic E-state index is 0.00879. The van der Waals surface area contributed by atoms with Crippen molar-refractivity contribution in [3.63, 3.8) is 0 Å². The quantitative estimate of drug-likeness (QED) is 0.0257. The third-order valence-corrected chi connectivity index (χ3v) is 21.7. The van der Waals surface area contributed by atoms with Gasteiger partial charge in [0.25, 0.3) is 11.8 Å². The van der Waals surface area contributed by atoms with E-state index in [1.165, 1.54) is 0 Å². The molecular weight excluding hydrogens is 1290 g/mol. The fraction of sp³-hybridized carbons (Fsp3) is 0.732. The predicted molar refractivity (Wildman–Crippen MR) is 351 cm³/mol. The maximum Gasteiger partial charge on any atom is 0.407 e. The number of urea groups is 1. The summed E-state index contributed by atoms with van der Waals surface area (Å²) in [5.41, 5.74) is 8.45. The Morgan fingerprint density at radius 2 is 1.58 bits per heavy atom. The number of hydrogen-bond acceptors (Lipinski definition) is 21. The number of hydroxylamine groups is 2. The number of imide groups is 1. The van der Waals surface area contributed by atoms with Gasteiger partial charge in [-0.1, -0.05) is 52.5 Å². The molecule has 12 rings (SSSR count). The third-order valence-electron chi connectivity index (χ3n) is 21.7. The van der Waals surface area contributed by atoms with E-state index in [4.69, 9.17) is 57.9 Å². The molecule has 0 aromatic heterocycles. The first-order chi connectivity index (χ1) is 47.4. The van der Waals surface area contributed by atoms with Crippen LogP contribution in [0.15, 0.2) is 48.6 Å². The van der Waals surface area contributed by atoms with E-state index in [0.29, 0.717) is 60.8 Å². The SMILES string of the molecule is C=C1CC(CC[C@]23C[C@H]4OC5(O2)C2[C@@H](O[C@H]6CCC(CC(=O)C[C@H]7COC(CC(O)CNC(=O)OCc8ccc(NC(=O)C(CCCNC(N)=O)NC(=O)[C@@H](NC(=O)CCCCCC(=O)ON9C(=O)CCC9=O)C(C)C)cc8)[C@@H]7OC)O[C@@H]6[C@@H]2O3)C45)O[C@H]1CC[C@H]1C[C@@H](C)C(=C)[C@@H](C)O1. The molecular formula is C71H101N7O21. The molecule has 99 heavy (non-hydrogen) atoms. The minimum Gasteiger partial charge on any atom is -0.445 e. The summed E-state index contributed by atoms with van der Waals surface area (Å²) in [7, 11) is 1.55. The highest BCUT2D eigenvalue weighted by atomic mass is 16.8. The summed E-state index contributed by atoms with van der Waals surface area (Å²) in [5.74, 6) is -5.26. The maximum atomic E-state index is 13.9. The number of methoxy groups -OCH3 is 1. The van der Waals surface area contributed by atoms with Gasteiger partial charge in [0.15, 0.2) is 11.6 Å². The van der Waals surface area contributed by atoms with E-state index < -0.39 is 95.7 Å². The number of benzene rings is 1. The van der Waals surface area contributed by atoms with Crippen LogP contribution >= 0.6 is 0 Å². The molecule has 1 aromatic carbocycles. The number of nitrogens with one attached hydrogen (secondary N) is 5. The average molecular weight is 1390 g/mol. The van der Waals surface area contributed by atoms with Gasteiger partial charge >= 0.3 is 18.1 Å². The molecule has 1 aliphatic carbocycles. The number of rotatable bonds is 34. The summed E-state index contributed by atoms with van der Waals surface area (Å²) in [6.45, 7) is 16.5. The number of ketones is 1. The van der Waals surface area contributed by atoms with Crippen LogP contribution in [0.3, 0.4) is 0 Å². The van der Waals surface area contributed by atoms with E-state index in [1.54, 1.807) is 45.2 Å². The lowest BCUT2D eigenvalue weighted by molar-refractivity contribution is -0.620. The summed E-state index contributed by atoms with van der Waals surface area (Å²) >= 11 is 0. The summed E-state index contributed by atoms with van der Waals surface area (Å²) in [5, 5.41) is 24.9. The molecule has 1 saturated carbocycles. The fourth-order valence-corrected chi connectivity index (χ4v) is 16.4. The zero-order valence-corrected chi connectivity index (χ0v) is 57.6. The molecule has 21 atom stereocenters. The van der Waals surface area contributed by atoms with E-state index >= 15 is 0 Å². The number of aliphatic hydroxyl groups excluding tert-OH is 1. The summed E-state index contributed by atoms with van der Waals surface area (Å²) in [6.07, 6.45) is 5.10. The van der Waals surface area contributed by atoms with Gasteiger partial charge in [-0.25, -0.2) is 14.4 Å². The van der Waals surface area contributed by atoms with Crippen LogP contribution in [0.4, 0.5) is 15.3 Å². The standard InChI is InChI=1S/C71H101N7O21/c1-37(2)61(77-55(81)13-9-8-10-14-58(84)98-78-56(82)23-24-57(78)83)67(86)76-50(12-11-27-73-68(72)87)66(85)75-44-17-15-42(16-18-44)35-91-69(88)74-34-46(80)32-53-62(89-7)43(36-90-53)30-45(79)31-48-20-22-52-63(94-48)65-60-64(95-52)59-54-33-70(97-65,99-71(59,60)96-54)26-25-49-29-39(4)51(93-49)21-19-47-28-38(3)40(5)41(6)92-47/h15-18,37-38,41,43,46-54,59-65,80H,4-5,8-14,19-36H2,1-3,6-7H3,(H,74,88)(H,75,85)(H,76,86)(H,77,81)(H3,72,73,87)/t38-,41-,43+,46?,47+,48?,49?,50?,51+,52+,53?,54-,59?,60?,61+,62-,63+,64+,65-,70-,71?/m1/s1. The van der Waals surface area contributed by atoms with Crippen molar-refractivity contribution in [3.8, 4) is 0 Å². The Morgan fingerprint density at radius 3 is 2.31 bits per heavy atom. The Labute approximate surface area is 577 Å². The second-order valence-electron chi connectivity index (χ2n) is 29.2. The minimum atomic E-state index is -1.10. The lowest BCUT2D eigenvalue weighted by Gasteiger charge is -2.80. The van der Waals surface area contributed by atoms with Gasteiger partial charge in [-0.05, 0) is 118 Å². The van der Waals surface area contributed by atoms with Crippen LogP contribution in [0.2, 0.25) is 0 Å². The normalized spacial score (nSPS) is 34.1. The third kappa shape index (κ3) is 17.4. The number of aliphatic hydroxyl groups is 1. The van der Waals surface area contributed by atoms with Crippen LogP contribution in [-0.2, 0) is 92.4 Å². The molecule has 28 nitrogen and oxygen atoms in total. The molecule has 10 heterocycles. The van der Waals surface area contributed by atoms with Crippen LogP contribution in [0.1, 0.15) is 168 Å². The number of anilines is 1. The summed E-state index contributed by atoms with van der Waals surface area (Å²) in [6, 6.07) is 3.55. The Bertz CT molecular complexity index is 3120. The van der Waals surface area contributed by atoms with Crippen molar-refractivity contribution < 1.29 is 100 Å². The van der Waals surface area contributed by atoms with Crippen molar-refractivity contribution >= 4 is 59.1 Å². The number of nitrogens with zero attached hydrogens (tertiary/aromatic N) is 1. The van der Waals surface area contributed by atoms with Crippen LogP contribution in [0.25, 0.3) is 0 Å². The highest BCUT2D eigenvalue weighted by Gasteiger charge is 2.86. The summed E-state index contributed by atoms with van der Waals surface area (Å²) < 4.78 is 64.6. The van der Waals surface area contributed by atoms with Gasteiger partial charge in [0.2, 0.25) is 17.7 Å². The predicted octanol–water partition coefficient (Wildman–Crippen LogP) is 5.43. The number of primary amides is 1. The Morgan fingerprint density at radius 1 is 0.808 bits per heavy atom. The smallest absolute Gasteiger partial charge is 0.407 e. The Balaban J connectivity index is 0.580. The Kier molecular flexibility index (Phi) is 24.0. The fourth-order valence-electron chi connectivity index (χ4n) is 16.4. The lowest BCUT2D eigenvalue weighted by Crippen LogP contribution is -2.93. The van der Waals surface area contributed by atoms with Gasteiger partial charge in [0, 0.05) is 89.6 Å². The molecule has 11 fully saturated rings. The van der Waals surface area contributed by atoms with Crippen LogP contribution in [0, 0.1) is 29.6 Å². The highest BCUT2D eigenvalue weighted by molar-refractivity contribution is 6.01. The molecule has 8 N–H and O–H groups in total. The number of Topliss-reactive ketones (excluding diaryl/α,β-unsaturated/α-hetero) is 1. The largest absolute Gasteiger partial charge is 0.445 e.